The maximum atomic E-state index is 11.8. The van der Waals surface area contributed by atoms with Gasteiger partial charge in [0.15, 0.2) is 0 Å². The summed E-state index contributed by atoms with van der Waals surface area (Å²) in [6, 6.07) is 6.57. The van der Waals surface area contributed by atoms with Gasteiger partial charge in [-0.15, -0.1) is 0 Å². The summed E-state index contributed by atoms with van der Waals surface area (Å²) in [6.45, 7) is 4.15. The third kappa shape index (κ3) is 4.43. The first-order chi connectivity index (χ1) is 13.9. The van der Waals surface area contributed by atoms with Crippen LogP contribution >= 0.6 is 0 Å². The van der Waals surface area contributed by atoms with Crippen molar-refractivity contribution in [1.82, 2.24) is 19.1 Å². The highest BCUT2D eigenvalue weighted by molar-refractivity contribution is 7.88. The van der Waals surface area contributed by atoms with Gasteiger partial charge in [-0.1, -0.05) is 6.92 Å². The Kier molecular flexibility index (Phi) is 5.56. The van der Waals surface area contributed by atoms with Crippen LogP contribution in [0.1, 0.15) is 26.2 Å². The van der Waals surface area contributed by atoms with Gasteiger partial charge < -0.3 is 5.32 Å². The number of anilines is 1. The van der Waals surface area contributed by atoms with Crippen LogP contribution in [0.25, 0.3) is 21.9 Å². The monoisotopic (exact) mass is 413 g/mol. The number of aromatic nitrogens is 3. The second kappa shape index (κ2) is 8.12. The Morgan fingerprint density at radius 2 is 1.97 bits per heavy atom. The first-order valence-electron chi connectivity index (χ1n) is 10.1. The number of nitrogens with one attached hydrogen (secondary N) is 1. The Balaban J connectivity index is 1.61. The van der Waals surface area contributed by atoms with E-state index < -0.39 is 10.0 Å². The Morgan fingerprint density at radius 3 is 2.69 bits per heavy atom. The van der Waals surface area contributed by atoms with Gasteiger partial charge in [-0.25, -0.2) is 12.7 Å². The number of piperidine rings is 1. The summed E-state index contributed by atoms with van der Waals surface area (Å²) < 4.78 is 27.1. The molecule has 0 unspecified atom stereocenters. The minimum Gasteiger partial charge on any atom is -0.382 e. The number of sulfonamides is 1. The summed E-state index contributed by atoms with van der Waals surface area (Å²) in [5.74, 6) is 0. The van der Waals surface area contributed by atoms with Crippen LogP contribution in [0, 0.1) is 0 Å². The maximum Gasteiger partial charge on any atom is 0.211 e. The van der Waals surface area contributed by atoms with Crippen LogP contribution in [0.15, 0.2) is 43.0 Å². The summed E-state index contributed by atoms with van der Waals surface area (Å²) in [5, 5.41) is 10.3. The molecule has 0 aliphatic carbocycles. The van der Waals surface area contributed by atoms with E-state index in [0.29, 0.717) is 13.1 Å². The van der Waals surface area contributed by atoms with Crippen LogP contribution in [0.2, 0.25) is 0 Å². The quantitative estimate of drug-likeness (QED) is 0.670. The lowest BCUT2D eigenvalue weighted by Gasteiger charge is -2.31. The molecule has 2 aromatic heterocycles. The largest absolute Gasteiger partial charge is 0.382 e. The van der Waals surface area contributed by atoms with Crippen LogP contribution in [0.5, 0.6) is 0 Å². The van der Waals surface area contributed by atoms with Crippen LogP contribution in [-0.2, 0) is 16.6 Å². The number of hydrogen-bond donors (Lipinski definition) is 1. The summed E-state index contributed by atoms with van der Waals surface area (Å²) in [7, 11) is -3.12. The van der Waals surface area contributed by atoms with Crippen molar-refractivity contribution in [1.29, 1.82) is 0 Å². The predicted molar refractivity (Wildman–Crippen MR) is 116 cm³/mol. The molecular weight excluding hydrogens is 386 g/mol. The van der Waals surface area contributed by atoms with E-state index in [1.165, 1.54) is 6.26 Å². The lowest BCUT2D eigenvalue weighted by atomic mass is 10.0. The summed E-state index contributed by atoms with van der Waals surface area (Å²) in [6.07, 6.45) is 11.6. The number of benzene rings is 1. The molecule has 1 fully saturated rings. The lowest BCUT2D eigenvalue weighted by molar-refractivity contribution is 0.332. The van der Waals surface area contributed by atoms with Gasteiger partial charge in [-0.05, 0) is 48.4 Å². The maximum absolute atomic E-state index is 11.8. The van der Waals surface area contributed by atoms with Crippen molar-refractivity contribution in [3.05, 3.63) is 43.0 Å². The fraction of sp³-hybridized carbons (Fsp3) is 0.429. The smallest absolute Gasteiger partial charge is 0.211 e. The molecule has 29 heavy (non-hydrogen) atoms. The number of fused-ring (bicyclic) bond motifs is 1. The molecule has 1 N–H and O–H groups in total. The average Bonchev–Trinajstić information content (AvgIpc) is 3.17. The van der Waals surface area contributed by atoms with E-state index in [2.05, 4.69) is 40.7 Å². The summed E-state index contributed by atoms with van der Waals surface area (Å²) >= 11 is 0. The minimum atomic E-state index is -3.12. The van der Waals surface area contributed by atoms with E-state index in [0.717, 1.165) is 53.4 Å². The van der Waals surface area contributed by atoms with Crippen molar-refractivity contribution in [2.24, 2.45) is 0 Å². The molecule has 0 spiro atoms. The van der Waals surface area contributed by atoms with Crippen molar-refractivity contribution >= 4 is 26.5 Å². The van der Waals surface area contributed by atoms with Gasteiger partial charge in [0.2, 0.25) is 10.0 Å². The highest BCUT2D eigenvalue weighted by atomic mass is 32.2. The topological polar surface area (TPSA) is 80.1 Å². The number of aryl methyl sites for hydroxylation is 1. The van der Waals surface area contributed by atoms with E-state index in [9.17, 15) is 8.42 Å². The molecule has 8 heteroatoms. The van der Waals surface area contributed by atoms with Gasteiger partial charge >= 0.3 is 0 Å². The molecule has 0 bridgehead atoms. The molecule has 4 rings (SSSR count). The number of rotatable bonds is 6. The van der Waals surface area contributed by atoms with Gasteiger partial charge in [0, 0.05) is 60.9 Å². The van der Waals surface area contributed by atoms with Gasteiger partial charge in [0.05, 0.1) is 12.5 Å². The first-order valence-corrected chi connectivity index (χ1v) is 11.9. The molecule has 0 saturated carbocycles. The molecule has 0 radical (unpaired) electrons. The fourth-order valence-corrected chi connectivity index (χ4v) is 4.77. The van der Waals surface area contributed by atoms with Crippen LogP contribution in [0.4, 0.5) is 5.69 Å². The molecular formula is C21H27N5O2S. The Hall–Kier alpha value is -2.45. The predicted octanol–water partition coefficient (Wildman–Crippen LogP) is 3.34. The molecule has 3 aromatic rings. The molecule has 0 amide bonds. The van der Waals surface area contributed by atoms with E-state index in [-0.39, 0.29) is 6.04 Å². The van der Waals surface area contributed by atoms with Crippen LogP contribution < -0.4 is 5.32 Å². The zero-order valence-electron chi connectivity index (χ0n) is 16.9. The molecule has 1 aliphatic heterocycles. The lowest BCUT2D eigenvalue weighted by Crippen LogP contribution is -2.41. The number of hydrogen-bond acceptors (Lipinski definition) is 5. The SMILES string of the molecule is CCCn1cc(-c2cc(NC3CCN(S(C)(=O)=O)CC3)c3cnccc3c2)cn1. The minimum absolute atomic E-state index is 0.231. The second-order valence-electron chi connectivity index (χ2n) is 7.69. The first kappa shape index (κ1) is 19.8. The van der Waals surface area contributed by atoms with Crippen LogP contribution in [0.3, 0.4) is 0 Å². The second-order valence-corrected chi connectivity index (χ2v) is 9.68. The molecule has 1 aromatic carbocycles. The number of pyridine rings is 1. The number of nitrogens with zero attached hydrogens (tertiary/aromatic N) is 4. The van der Waals surface area contributed by atoms with Crippen molar-refractivity contribution in [2.75, 3.05) is 24.7 Å². The molecule has 7 nitrogen and oxygen atoms in total. The Morgan fingerprint density at radius 1 is 1.17 bits per heavy atom. The van der Waals surface area contributed by atoms with E-state index in [1.54, 1.807) is 10.5 Å². The van der Waals surface area contributed by atoms with Crippen molar-refractivity contribution in [3.8, 4) is 11.1 Å². The average molecular weight is 414 g/mol. The zero-order chi connectivity index (χ0) is 20.4. The third-order valence-corrected chi connectivity index (χ3v) is 6.76. The molecule has 0 atom stereocenters. The molecule has 3 heterocycles. The summed E-state index contributed by atoms with van der Waals surface area (Å²) in [5.41, 5.74) is 3.24. The Labute approximate surface area is 171 Å². The van der Waals surface area contributed by atoms with E-state index in [1.807, 2.05) is 23.1 Å². The van der Waals surface area contributed by atoms with Crippen molar-refractivity contribution in [2.45, 2.75) is 38.8 Å². The molecule has 1 aliphatic rings. The van der Waals surface area contributed by atoms with E-state index >= 15 is 0 Å². The van der Waals surface area contributed by atoms with Gasteiger partial charge in [0.1, 0.15) is 0 Å². The highest BCUT2D eigenvalue weighted by Gasteiger charge is 2.25. The normalized spacial score (nSPS) is 16.3. The van der Waals surface area contributed by atoms with E-state index in [4.69, 9.17) is 0 Å². The third-order valence-electron chi connectivity index (χ3n) is 5.46. The van der Waals surface area contributed by atoms with Crippen molar-refractivity contribution < 1.29 is 8.42 Å². The van der Waals surface area contributed by atoms with Gasteiger partial charge in [-0.3, -0.25) is 9.67 Å². The van der Waals surface area contributed by atoms with Gasteiger partial charge in [-0.2, -0.15) is 5.10 Å². The highest BCUT2D eigenvalue weighted by Crippen LogP contribution is 2.32. The standard InChI is InChI=1S/C21H27N5O2S/c1-3-8-25-15-18(13-23-25)17-11-16-4-7-22-14-20(16)21(12-17)24-19-5-9-26(10-6-19)29(2,27)28/h4,7,11-15,19,24H,3,5-6,8-10H2,1-2H3. The van der Waals surface area contributed by atoms with Gasteiger partial charge in [0.25, 0.3) is 0 Å². The summed E-state index contributed by atoms with van der Waals surface area (Å²) in [4.78, 5) is 4.30. The molecule has 154 valence electrons. The fourth-order valence-electron chi connectivity index (χ4n) is 3.90. The van der Waals surface area contributed by atoms with Crippen LogP contribution in [-0.4, -0.2) is 52.9 Å². The zero-order valence-corrected chi connectivity index (χ0v) is 17.7. The molecule has 1 saturated heterocycles. The Bertz CT molecular complexity index is 1100. The van der Waals surface area contributed by atoms with Crippen molar-refractivity contribution in [3.63, 3.8) is 0 Å².